The van der Waals surface area contributed by atoms with E-state index in [9.17, 15) is 17.4 Å². The maximum atomic E-state index is 12.9. The Labute approximate surface area is 158 Å². The molecule has 0 fully saturated rings. The molecule has 0 saturated heterocycles. The first-order chi connectivity index (χ1) is 13.2. The second-order valence-corrected chi connectivity index (χ2v) is 8.04. The van der Waals surface area contributed by atoms with Gasteiger partial charge in [0.15, 0.2) is 5.75 Å². The summed E-state index contributed by atoms with van der Waals surface area (Å²) in [5.41, 5.74) is 1.07. The molecule has 0 aliphatic heterocycles. The first-order valence-electron chi connectivity index (χ1n) is 7.87. The van der Waals surface area contributed by atoms with Gasteiger partial charge in [0.2, 0.25) is 5.82 Å². The molecule has 1 aromatic carbocycles. The molecule has 0 aliphatic carbocycles. The molecule has 1 atom stereocenters. The van der Waals surface area contributed by atoms with Crippen molar-refractivity contribution in [2.24, 2.45) is 4.36 Å². The van der Waals surface area contributed by atoms with Crippen molar-refractivity contribution in [1.82, 2.24) is 15.1 Å². The first-order valence-corrected chi connectivity index (χ1v) is 9.79. The molecule has 0 saturated carbocycles. The number of rotatable bonds is 5. The Morgan fingerprint density at radius 2 is 1.93 bits per heavy atom. The van der Waals surface area contributed by atoms with Crippen molar-refractivity contribution in [3.05, 3.63) is 54.2 Å². The Bertz CT molecular complexity index is 1090. The summed E-state index contributed by atoms with van der Waals surface area (Å²) < 4.78 is 64.2. The standard InChI is InChI=1S/C17H15F3N4O3S/c1-26-13-10-21-8-7-14(13)28(2,25)22-9-11-3-5-12(6-4-11)15-23-16(27-24-15)17(18,19)20/h3-8,10H,9H2,1-2H3. The van der Waals surface area contributed by atoms with Crippen molar-refractivity contribution in [3.63, 3.8) is 0 Å². The summed E-state index contributed by atoms with van der Waals surface area (Å²) in [6, 6.07) is 7.95. The molecule has 0 spiro atoms. The Morgan fingerprint density at radius 1 is 1.21 bits per heavy atom. The highest BCUT2D eigenvalue weighted by Crippen LogP contribution is 2.29. The minimum atomic E-state index is -4.69. The fourth-order valence-electron chi connectivity index (χ4n) is 2.32. The van der Waals surface area contributed by atoms with Crippen LogP contribution in [0.4, 0.5) is 13.2 Å². The van der Waals surface area contributed by atoms with E-state index >= 15 is 0 Å². The fourth-order valence-corrected chi connectivity index (χ4v) is 3.67. The topological polar surface area (TPSA) is 90.5 Å². The summed E-state index contributed by atoms with van der Waals surface area (Å²) in [5.74, 6) is -1.19. The molecule has 3 rings (SSSR count). The Hall–Kier alpha value is -2.95. The summed E-state index contributed by atoms with van der Waals surface area (Å²) in [4.78, 5) is 7.69. The maximum Gasteiger partial charge on any atom is 0.471 e. The molecule has 3 aromatic rings. The highest BCUT2D eigenvalue weighted by Gasteiger charge is 2.38. The van der Waals surface area contributed by atoms with Gasteiger partial charge in [-0.1, -0.05) is 29.4 Å². The number of pyridine rings is 1. The van der Waals surface area contributed by atoms with Crippen molar-refractivity contribution in [2.45, 2.75) is 17.6 Å². The minimum Gasteiger partial charge on any atom is -0.494 e. The molecular formula is C17H15F3N4O3S. The molecule has 0 aliphatic rings. The number of nitrogens with zero attached hydrogens (tertiary/aromatic N) is 4. The molecule has 0 radical (unpaired) electrons. The Kier molecular flexibility index (Phi) is 5.36. The number of hydrogen-bond donors (Lipinski definition) is 0. The largest absolute Gasteiger partial charge is 0.494 e. The van der Waals surface area contributed by atoms with Gasteiger partial charge >= 0.3 is 12.1 Å². The van der Waals surface area contributed by atoms with Crippen molar-refractivity contribution < 1.29 is 26.6 Å². The predicted octanol–water partition coefficient (Wildman–Crippen LogP) is 3.82. The summed E-state index contributed by atoms with van der Waals surface area (Å²) in [6.07, 6.45) is -0.231. The van der Waals surface area contributed by atoms with Gasteiger partial charge < -0.3 is 9.26 Å². The minimum absolute atomic E-state index is 0.140. The summed E-state index contributed by atoms with van der Waals surface area (Å²) in [6.45, 7) is 0.140. The normalized spacial score (nSPS) is 13.8. The summed E-state index contributed by atoms with van der Waals surface area (Å²) in [5, 5.41) is 3.33. The van der Waals surface area contributed by atoms with Gasteiger partial charge in [0, 0.05) is 18.0 Å². The van der Waals surface area contributed by atoms with Crippen LogP contribution in [0, 0.1) is 0 Å². The number of methoxy groups -OCH3 is 1. The Balaban J connectivity index is 1.80. The van der Waals surface area contributed by atoms with Crippen molar-refractivity contribution in [1.29, 1.82) is 0 Å². The van der Waals surface area contributed by atoms with E-state index in [0.717, 1.165) is 0 Å². The molecular weight excluding hydrogens is 397 g/mol. The van der Waals surface area contributed by atoms with Crippen LogP contribution in [0.3, 0.4) is 0 Å². The number of alkyl halides is 3. The van der Waals surface area contributed by atoms with Crippen LogP contribution in [0.1, 0.15) is 11.5 Å². The van der Waals surface area contributed by atoms with E-state index in [1.165, 1.54) is 25.8 Å². The molecule has 0 N–H and O–H groups in total. The average molecular weight is 412 g/mol. The highest BCUT2D eigenvalue weighted by atomic mass is 32.2. The maximum absolute atomic E-state index is 12.9. The first kappa shape index (κ1) is 19.8. The second-order valence-electron chi connectivity index (χ2n) is 5.73. The van der Waals surface area contributed by atoms with E-state index in [-0.39, 0.29) is 12.4 Å². The van der Waals surface area contributed by atoms with Crippen LogP contribution in [-0.4, -0.2) is 32.7 Å². The molecule has 148 valence electrons. The van der Waals surface area contributed by atoms with Gasteiger partial charge in [0.25, 0.3) is 0 Å². The number of halogens is 3. The van der Waals surface area contributed by atoms with E-state index in [1.54, 1.807) is 30.3 Å². The second kappa shape index (κ2) is 7.58. The van der Waals surface area contributed by atoms with Crippen molar-refractivity contribution in [3.8, 4) is 17.1 Å². The molecule has 1 unspecified atom stereocenters. The number of hydrogen-bond acceptors (Lipinski definition) is 7. The van der Waals surface area contributed by atoms with Crippen molar-refractivity contribution >= 4 is 9.73 Å². The van der Waals surface area contributed by atoms with Crippen molar-refractivity contribution in [2.75, 3.05) is 13.4 Å². The Morgan fingerprint density at radius 3 is 2.54 bits per heavy atom. The summed E-state index contributed by atoms with van der Waals surface area (Å²) >= 11 is 0. The summed E-state index contributed by atoms with van der Waals surface area (Å²) in [7, 11) is -1.28. The van der Waals surface area contributed by atoms with Crippen LogP contribution >= 0.6 is 0 Å². The van der Waals surface area contributed by atoms with Crippen LogP contribution in [0.5, 0.6) is 5.75 Å². The third kappa shape index (κ3) is 4.30. The molecule has 0 bridgehead atoms. The third-order valence-corrected chi connectivity index (χ3v) is 5.52. The lowest BCUT2D eigenvalue weighted by Crippen LogP contribution is -2.04. The van der Waals surface area contributed by atoms with E-state index in [4.69, 9.17) is 4.74 Å². The quantitative estimate of drug-likeness (QED) is 0.633. The van der Waals surface area contributed by atoms with Gasteiger partial charge in [-0.25, -0.2) is 8.57 Å². The third-order valence-electron chi connectivity index (χ3n) is 3.75. The van der Waals surface area contributed by atoms with Crippen LogP contribution in [-0.2, 0) is 22.5 Å². The number of ether oxygens (including phenoxy) is 1. The lowest BCUT2D eigenvalue weighted by atomic mass is 10.1. The van der Waals surface area contributed by atoms with E-state index in [0.29, 0.717) is 21.8 Å². The smallest absolute Gasteiger partial charge is 0.471 e. The molecule has 28 heavy (non-hydrogen) atoms. The zero-order valence-corrected chi connectivity index (χ0v) is 15.6. The van der Waals surface area contributed by atoms with Crippen LogP contribution in [0.25, 0.3) is 11.4 Å². The SMILES string of the molecule is COc1cnccc1S(C)(=O)=NCc1ccc(-c2noc(C(F)(F)F)n2)cc1. The molecule has 0 amide bonds. The van der Waals surface area contributed by atoms with Gasteiger partial charge in [-0.15, -0.1) is 0 Å². The highest BCUT2D eigenvalue weighted by molar-refractivity contribution is 7.93. The predicted molar refractivity (Wildman–Crippen MR) is 94.0 cm³/mol. The lowest BCUT2D eigenvalue weighted by Gasteiger charge is -2.09. The molecule has 11 heteroatoms. The van der Waals surface area contributed by atoms with Gasteiger partial charge in [-0.2, -0.15) is 18.2 Å². The number of benzene rings is 1. The molecule has 2 heterocycles. The van der Waals surface area contributed by atoms with E-state index in [2.05, 4.69) is 24.0 Å². The van der Waals surface area contributed by atoms with Crippen LogP contribution < -0.4 is 4.74 Å². The van der Waals surface area contributed by atoms with Gasteiger partial charge in [0.1, 0.15) is 0 Å². The van der Waals surface area contributed by atoms with E-state index in [1.807, 2.05) is 0 Å². The average Bonchev–Trinajstić information content (AvgIpc) is 3.17. The van der Waals surface area contributed by atoms with Gasteiger partial charge in [-0.3, -0.25) is 4.98 Å². The van der Waals surface area contributed by atoms with Crippen LogP contribution in [0.15, 0.2) is 56.5 Å². The number of aromatic nitrogens is 3. The zero-order valence-electron chi connectivity index (χ0n) is 14.8. The van der Waals surface area contributed by atoms with E-state index < -0.39 is 21.8 Å². The van der Waals surface area contributed by atoms with Crippen LogP contribution in [0.2, 0.25) is 0 Å². The fraction of sp³-hybridized carbons (Fsp3) is 0.235. The zero-order chi connectivity index (χ0) is 20.4. The lowest BCUT2D eigenvalue weighted by molar-refractivity contribution is -0.159. The van der Waals surface area contributed by atoms with Gasteiger partial charge in [-0.05, 0) is 11.6 Å². The molecule has 2 aromatic heterocycles. The monoisotopic (exact) mass is 412 g/mol. The molecule has 7 nitrogen and oxygen atoms in total. The van der Waals surface area contributed by atoms with Gasteiger partial charge in [0.05, 0.1) is 34.5 Å².